The Morgan fingerprint density at radius 2 is 2.07 bits per heavy atom. The van der Waals surface area contributed by atoms with E-state index in [0.29, 0.717) is 11.8 Å². The third-order valence-corrected chi connectivity index (χ3v) is 5.73. The normalized spacial score (nSPS) is 15.6. The molecule has 3 N–H and O–H groups in total. The molecule has 1 atom stereocenters. The fourth-order valence-corrected chi connectivity index (χ4v) is 4.38. The van der Waals surface area contributed by atoms with Crippen LogP contribution in [0.2, 0.25) is 0 Å². The summed E-state index contributed by atoms with van der Waals surface area (Å²) in [6.45, 7) is 11.5. The number of thiazole rings is 1. The molecule has 28 heavy (non-hydrogen) atoms. The lowest BCUT2D eigenvalue weighted by atomic mass is 9.94. The molecule has 1 aliphatic heterocycles. The van der Waals surface area contributed by atoms with Gasteiger partial charge in [0.1, 0.15) is 0 Å². The van der Waals surface area contributed by atoms with Gasteiger partial charge in [0.2, 0.25) is 0 Å². The summed E-state index contributed by atoms with van der Waals surface area (Å²) in [6, 6.07) is 0. The van der Waals surface area contributed by atoms with Gasteiger partial charge in [-0.3, -0.25) is 4.99 Å². The van der Waals surface area contributed by atoms with Crippen LogP contribution < -0.4 is 15.5 Å². The number of nitrogens with one attached hydrogen (secondary N) is 2. The van der Waals surface area contributed by atoms with Crippen LogP contribution in [0.5, 0.6) is 0 Å². The predicted molar refractivity (Wildman–Crippen MR) is 131 cm³/mol. The molecule has 1 fully saturated rings. The van der Waals surface area contributed by atoms with Gasteiger partial charge in [-0.1, -0.05) is 13.8 Å². The summed E-state index contributed by atoms with van der Waals surface area (Å²) in [6.07, 6.45) is 5.39. The van der Waals surface area contributed by atoms with Gasteiger partial charge in [-0.25, -0.2) is 4.98 Å². The van der Waals surface area contributed by atoms with Crippen molar-refractivity contribution in [3.8, 4) is 0 Å². The Hall–Kier alpha value is -0.610. The molecule has 0 spiro atoms. The van der Waals surface area contributed by atoms with Crippen LogP contribution in [-0.2, 0) is 6.42 Å². The first-order chi connectivity index (χ1) is 13.1. The van der Waals surface area contributed by atoms with E-state index in [2.05, 4.69) is 41.7 Å². The van der Waals surface area contributed by atoms with E-state index in [9.17, 15) is 5.11 Å². The molecule has 162 valence electrons. The van der Waals surface area contributed by atoms with Crippen LogP contribution in [0.15, 0.2) is 10.4 Å². The third kappa shape index (κ3) is 9.26. The number of hydrogen-bond acceptors (Lipinski definition) is 5. The highest BCUT2D eigenvalue weighted by Crippen LogP contribution is 2.24. The summed E-state index contributed by atoms with van der Waals surface area (Å²) in [5.41, 5.74) is 1.16. The molecular formula is C20H38IN5OS. The second-order valence-electron chi connectivity index (χ2n) is 7.72. The van der Waals surface area contributed by atoms with Crippen molar-refractivity contribution in [1.29, 1.82) is 0 Å². The molecule has 6 nitrogen and oxygen atoms in total. The molecule has 0 aliphatic carbocycles. The van der Waals surface area contributed by atoms with Gasteiger partial charge in [-0.15, -0.1) is 35.3 Å². The van der Waals surface area contributed by atoms with E-state index in [1.54, 1.807) is 11.3 Å². The number of hydrogen-bond donors (Lipinski definition) is 3. The van der Waals surface area contributed by atoms with Crippen LogP contribution in [0, 0.1) is 11.8 Å². The topological polar surface area (TPSA) is 72.8 Å². The lowest BCUT2D eigenvalue weighted by molar-refractivity contribution is 0.245. The summed E-state index contributed by atoms with van der Waals surface area (Å²) in [5.74, 6) is 1.92. The SMILES string of the molecule is CCNC(=NCC(CCO)CC(C)C)NCCc1csc(N2CCCC2)n1.I. The van der Waals surface area contributed by atoms with Crippen molar-refractivity contribution in [2.45, 2.75) is 52.9 Å². The number of aliphatic imine (C=N–C) groups is 1. The largest absolute Gasteiger partial charge is 0.396 e. The minimum Gasteiger partial charge on any atom is -0.396 e. The van der Waals surface area contributed by atoms with Gasteiger partial charge in [0.05, 0.1) is 5.69 Å². The maximum Gasteiger partial charge on any atom is 0.191 e. The first kappa shape index (κ1) is 25.4. The molecule has 1 saturated heterocycles. The average molecular weight is 524 g/mol. The molecule has 1 unspecified atom stereocenters. The molecule has 0 saturated carbocycles. The summed E-state index contributed by atoms with van der Waals surface area (Å²) in [5, 5.41) is 19.4. The highest BCUT2D eigenvalue weighted by atomic mass is 127. The third-order valence-electron chi connectivity index (χ3n) is 4.78. The van der Waals surface area contributed by atoms with E-state index >= 15 is 0 Å². The van der Waals surface area contributed by atoms with Crippen molar-refractivity contribution < 1.29 is 5.11 Å². The van der Waals surface area contributed by atoms with Crippen molar-refractivity contribution >= 4 is 46.4 Å². The Kier molecular flexibility index (Phi) is 13.1. The van der Waals surface area contributed by atoms with Crippen molar-refractivity contribution in [2.75, 3.05) is 44.2 Å². The maximum absolute atomic E-state index is 9.28. The van der Waals surface area contributed by atoms with Gasteiger partial charge < -0.3 is 20.6 Å². The molecule has 0 radical (unpaired) electrons. The Bertz CT molecular complexity index is 561. The Balaban J connectivity index is 0.00000392. The van der Waals surface area contributed by atoms with Crippen LogP contribution in [0.4, 0.5) is 5.13 Å². The van der Waals surface area contributed by atoms with Crippen molar-refractivity contribution in [3.63, 3.8) is 0 Å². The first-order valence-corrected chi connectivity index (χ1v) is 11.3. The number of guanidine groups is 1. The van der Waals surface area contributed by atoms with E-state index in [-0.39, 0.29) is 30.6 Å². The molecule has 0 aromatic carbocycles. The second kappa shape index (κ2) is 14.4. The van der Waals surface area contributed by atoms with Gasteiger partial charge >= 0.3 is 0 Å². The van der Waals surface area contributed by atoms with Gasteiger partial charge in [-0.05, 0) is 44.4 Å². The van der Waals surface area contributed by atoms with Crippen LogP contribution in [0.1, 0.15) is 52.1 Å². The zero-order valence-electron chi connectivity index (χ0n) is 17.6. The predicted octanol–water partition coefficient (Wildman–Crippen LogP) is 3.50. The Morgan fingerprint density at radius 1 is 1.32 bits per heavy atom. The highest BCUT2D eigenvalue weighted by Gasteiger charge is 2.15. The van der Waals surface area contributed by atoms with Gasteiger partial charge in [-0.2, -0.15) is 0 Å². The van der Waals surface area contributed by atoms with Crippen molar-refractivity contribution in [3.05, 3.63) is 11.1 Å². The van der Waals surface area contributed by atoms with Crippen LogP contribution in [0.3, 0.4) is 0 Å². The molecule has 8 heteroatoms. The summed E-state index contributed by atoms with van der Waals surface area (Å²) >= 11 is 1.76. The smallest absolute Gasteiger partial charge is 0.191 e. The number of aliphatic hydroxyl groups is 1. The zero-order valence-corrected chi connectivity index (χ0v) is 20.8. The maximum atomic E-state index is 9.28. The standard InChI is InChI=1S/C20H37N5OS.HI/c1-4-21-19(23-14-17(8-12-26)13-16(2)3)22-9-7-18-15-27-20(24-18)25-10-5-6-11-25;/h15-17,26H,4-14H2,1-3H3,(H2,21,22,23);1H. The van der Waals surface area contributed by atoms with E-state index in [4.69, 9.17) is 9.98 Å². The summed E-state index contributed by atoms with van der Waals surface area (Å²) in [7, 11) is 0. The molecular weight excluding hydrogens is 485 g/mol. The highest BCUT2D eigenvalue weighted by molar-refractivity contribution is 14.0. The average Bonchev–Trinajstić information content (AvgIpc) is 3.30. The zero-order chi connectivity index (χ0) is 19.5. The van der Waals surface area contributed by atoms with Gasteiger partial charge in [0.15, 0.2) is 11.1 Å². The number of aliphatic hydroxyl groups excluding tert-OH is 1. The second-order valence-corrected chi connectivity index (χ2v) is 8.56. The molecule has 1 aromatic rings. The van der Waals surface area contributed by atoms with E-state index in [0.717, 1.165) is 63.6 Å². The van der Waals surface area contributed by atoms with E-state index < -0.39 is 0 Å². The fraction of sp³-hybridized carbons (Fsp3) is 0.800. The van der Waals surface area contributed by atoms with Crippen LogP contribution >= 0.6 is 35.3 Å². The number of nitrogens with zero attached hydrogens (tertiary/aromatic N) is 3. The lowest BCUT2D eigenvalue weighted by Gasteiger charge is -2.17. The van der Waals surface area contributed by atoms with Gasteiger partial charge in [0, 0.05) is 51.1 Å². The number of rotatable bonds is 11. The quantitative estimate of drug-likeness (QED) is 0.235. The molecule has 0 bridgehead atoms. The Morgan fingerprint density at radius 3 is 2.71 bits per heavy atom. The molecule has 2 rings (SSSR count). The number of anilines is 1. The lowest BCUT2D eigenvalue weighted by Crippen LogP contribution is -2.38. The summed E-state index contributed by atoms with van der Waals surface area (Å²) in [4.78, 5) is 11.9. The first-order valence-electron chi connectivity index (χ1n) is 10.4. The van der Waals surface area contributed by atoms with E-state index in [1.165, 1.54) is 18.0 Å². The molecule has 2 heterocycles. The minimum absolute atomic E-state index is 0. The van der Waals surface area contributed by atoms with Crippen LogP contribution in [0.25, 0.3) is 0 Å². The van der Waals surface area contributed by atoms with Crippen molar-refractivity contribution in [2.24, 2.45) is 16.8 Å². The number of halogens is 1. The van der Waals surface area contributed by atoms with Crippen molar-refractivity contribution in [1.82, 2.24) is 15.6 Å². The molecule has 1 aliphatic rings. The molecule has 1 aromatic heterocycles. The Labute approximate surface area is 191 Å². The van der Waals surface area contributed by atoms with Crippen LogP contribution in [-0.4, -0.2) is 55.4 Å². The fourth-order valence-electron chi connectivity index (χ4n) is 3.47. The minimum atomic E-state index is 0. The number of aromatic nitrogens is 1. The van der Waals surface area contributed by atoms with E-state index in [1.807, 2.05) is 0 Å². The van der Waals surface area contributed by atoms with Gasteiger partial charge in [0.25, 0.3) is 0 Å². The molecule has 0 amide bonds. The monoisotopic (exact) mass is 523 g/mol. The summed E-state index contributed by atoms with van der Waals surface area (Å²) < 4.78 is 0.